The highest BCUT2D eigenvalue weighted by atomic mass is 35.5. The zero-order chi connectivity index (χ0) is 9.84. The molecule has 70 valence electrons. The van der Waals surface area contributed by atoms with E-state index in [-0.39, 0.29) is 11.3 Å². The molecule has 1 atom stereocenters. The Balaban J connectivity index is 2.88. The smallest absolute Gasteiger partial charge is 0.314 e. The van der Waals surface area contributed by atoms with Crippen molar-refractivity contribution in [1.29, 1.82) is 0 Å². The van der Waals surface area contributed by atoms with Crippen LogP contribution in [0.15, 0.2) is 12.3 Å². The minimum atomic E-state index is -0.412. The van der Waals surface area contributed by atoms with Crippen LogP contribution < -0.4 is 0 Å². The molecule has 1 aromatic rings. The summed E-state index contributed by atoms with van der Waals surface area (Å²) in [7, 11) is 1.33. The highest BCUT2D eigenvalue weighted by Crippen LogP contribution is 2.14. The number of carbonyl (C=O) groups excluding carboxylic acids is 1. The van der Waals surface area contributed by atoms with Gasteiger partial charge in [0.25, 0.3) is 0 Å². The van der Waals surface area contributed by atoms with E-state index in [0.717, 1.165) is 0 Å². The Hall–Kier alpha value is -1.16. The Kier molecular flexibility index (Phi) is 3.19. The molecule has 1 aromatic heterocycles. The summed E-state index contributed by atoms with van der Waals surface area (Å²) < 4.78 is 4.56. The maximum atomic E-state index is 11.1. The van der Waals surface area contributed by atoms with E-state index < -0.39 is 5.92 Å². The minimum absolute atomic E-state index is 0.133. The summed E-state index contributed by atoms with van der Waals surface area (Å²) >= 11 is 5.56. The lowest BCUT2D eigenvalue weighted by molar-refractivity contribution is -0.142. The van der Waals surface area contributed by atoms with Crippen LogP contribution in [0.25, 0.3) is 0 Å². The lowest BCUT2D eigenvalue weighted by Crippen LogP contribution is -2.12. The van der Waals surface area contributed by atoms with E-state index in [9.17, 15) is 4.79 Å². The van der Waals surface area contributed by atoms with E-state index >= 15 is 0 Å². The van der Waals surface area contributed by atoms with Crippen LogP contribution in [0.1, 0.15) is 18.5 Å². The molecule has 1 rings (SSSR count). The molecule has 0 aliphatic rings. The Morgan fingerprint density at radius 3 is 2.92 bits per heavy atom. The molecule has 0 spiro atoms. The summed E-state index contributed by atoms with van der Waals surface area (Å²) in [5.41, 5.74) is 0.562. The lowest BCUT2D eigenvalue weighted by atomic mass is 10.1. The molecule has 5 heteroatoms. The van der Waals surface area contributed by atoms with Crippen molar-refractivity contribution in [2.24, 2.45) is 0 Å². The zero-order valence-corrected chi connectivity index (χ0v) is 8.08. The molecule has 0 fully saturated rings. The largest absolute Gasteiger partial charge is 0.469 e. The van der Waals surface area contributed by atoms with E-state index in [1.165, 1.54) is 13.3 Å². The van der Waals surface area contributed by atoms with Gasteiger partial charge in [-0.25, -0.2) is 9.97 Å². The van der Waals surface area contributed by atoms with Gasteiger partial charge >= 0.3 is 5.97 Å². The van der Waals surface area contributed by atoms with Crippen LogP contribution >= 0.6 is 11.6 Å². The van der Waals surface area contributed by atoms with Crippen LogP contribution in [0.4, 0.5) is 0 Å². The molecular formula is C8H9ClN2O2. The SMILES string of the molecule is COC(=O)C(C)c1ccnc(Cl)n1. The van der Waals surface area contributed by atoms with Gasteiger partial charge in [0.1, 0.15) is 0 Å². The van der Waals surface area contributed by atoms with Crippen LogP contribution in [-0.2, 0) is 9.53 Å². The lowest BCUT2D eigenvalue weighted by Gasteiger charge is -2.07. The van der Waals surface area contributed by atoms with E-state index in [2.05, 4.69) is 14.7 Å². The first-order valence-electron chi connectivity index (χ1n) is 3.71. The van der Waals surface area contributed by atoms with Crippen molar-refractivity contribution in [2.45, 2.75) is 12.8 Å². The Labute approximate surface area is 80.9 Å². The number of nitrogens with zero attached hydrogens (tertiary/aromatic N) is 2. The van der Waals surface area contributed by atoms with Gasteiger partial charge in [-0.2, -0.15) is 0 Å². The van der Waals surface area contributed by atoms with Crippen LogP contribution in [0, 0.1) is 0 Å². The van der Waals surface area contributed by atoms with Crippen molar-refractivity contribution in [1.82, 2.24) is 9.97 Å². The molecule has 0 amide bonds. The number of rotatable bonds is 2. The Morgan fingerprint density at radius 2 is 2.38 bits per heavy atom. The topological polar surface area (TPSA) is 52.1 Å². The highest BCUT2D eigenvalue weighted by molar-refractivity contribution is 6.28. The second-order valence-electron chi connectivity index (χ2n) is 2.50. The van der Waals surface area contributed by atoms with Crippen LogP contribution in [0.3, 0.4) is 0 Å². The second kappa shape index (κ2) is 4.18. The summed E-state index contributed by atoms with van der Waals surface area (Å²) in [5.74, 6) is -0.750. The summed E-state index contributed by atoms with van der Waals surface area (Å²) in [6.07, 6.45) is 1.50. The molecule has 0 aliphatic carbocycles. The molecule has 0 aromatic carbocycles. The molecule has 0 aliphatic heterocycles. The number of hydrogen-bond acceptors (Lipinski definition) is 4. The number of halogens is 1. The first-order valence-corrected chi connectivity index (χ1v) is 4.09. The average Bonchev–Trinajstić information content (AvgIpc) is 2.15. The molecule has 0 N–H and O–H groups in total. The van der Waals surface area contributed by atoms with Gasteiger partial charge < -0.3 is 4.74 Å². The van der Waals surface area contributed by atoms with E-state index in [1.807, 2.05) is 0 Å². The molecule has 0 saturated carbocycles. The predicted octanol–water partition coefficient (Wildman–Crippen LogP) is 1.41. The van der Waals surface area contributed by atoms with Gasteiger partial charge in [0, 0.05) is 6.20 Å². The molecule has 1 heterocycles. The van der Waals surface area contributed by atoms with Crippen molar-refractivity contribution in [3.63, 3.8) is 0 Å². The van der Waals surface area contributed by atoms with Crippen molar-refractivity contribution >= 4 is 17.6 Å². The summed E-state index contributed by atoms with van der Waals surface area (Å²) in [4.78, 5) is 18.7. The fraction of sp³-hybridized carbons (Fsp3) is 0.375. The van der Waals surface area contributed by atoms with Crippen molar-refractivity contribution in [2.75, 3.05) is 7.11 Å². The van der Waals surface area contributed by atoms with Gasteiger partial charge in [-0.15, -0.1) is 0 Å². The quantitative estimate of drug-likeness (QED) is 0.535. The first kappa shape index (κ1) is 9.92. The molecule has 0 radical (unpaired) electrons. The third-order valence-corrected chi connectivity index (χ3v) is 1.83. The number of carbonyl (C=O) groups is 1. The fourth-order valence-electron chi connectivity index (χ4n) is 0.886. The first-order chi connectivity index (χ1) is 6.15. The minimum Gasteiger partial charge on any atom is -0.469 e. The van der Waals surface area contributed by atoms with E-state index in [0.29, 0.717) is 5.69 Å². The standard InChI is InChI=1S/C8H9ClN2O2/c1-5(7(12)13-2)6-3-4-10-8(9)11-6/h3-5H,1-2H3. The number of hydrogen-bond donors (Lipinski definition) is 0. The van der Waals surface area contributed by atoms with E-state index in [1.54, 1.807) is 13.0 Å². The maximum absolute atomic E-state index is 11.1. The van der Waals surface area contributed by atoms with Gasteiger partial charge in [0.05, 0.1) is 18.7 Å². The van der Waals surface area contributed by atoms with Gasteiger partial charge in [-0.05, 0) is 24.6 Å². The monoisotopic (exact) mass is 200 g/mol. The van der Waals surface area contributed by atoms with Crippen molar-refractivity contribution in [3.8, 4) is 0 Å². The van der Waals surface area contributed by atoms with Crippen LogP contribution in [-0.4, -0.2) is 23.0 Å². The van der Waals surface area contributed by atoms with Gasteiger partial charge in [-0.3, -0.25) is 4.79 Å². The molecule has 4 nitrogen and oxygen atoms in total. The van der Waals surface area contributed by atoms with Crippen LogP contribution in [0.5, 0.6) is 0 Å². The fourth-order valence-corrected chi connectivity index (χ4v) is 1.04. The summed E-state index contributed by atoms with van der Waals surface area (Å²) in [6.45, 7) is 1.70. The normalized spacial score (nSPS) is 12.2. The molecule has 1 unspecified atom stereocenters. The Morgan fingerprint density at radius 1 is 1.69 bits per heavy atom. The average molecular weight is 201 g/mol. The number of esters is 1. The third kappa shape index (κ3) is 2.39. The zero-order valence-electron chi connectivity index (χ0n) is 7.32. The summed E-state index contributed by atoms with van der Waals surface area (Å²) in [5, 5.41) is 0.133. The van der Waals surface area contributed by atoms with Gasteiger partial charge in [0.15, 0.2) is 0 Å². The van der Waals surface area contributed by atoms with Crippen molar-refractivity contribution < 1.29 is 9.53 Å². The van der Waals surface area contributed by atoms with E-state index in [4.69, 9.17) is 11.6 Å². The predicted molar refractivity (Wildman–Crippen MR) is 47.5 cm³/mol. The third-order valence-electron chi connectivity index (χ3n) is 1.65. The second-order valence-corrected chi connectivity index (χ2v) is 2.83. The number of ether oxygens (including phenoxy) is 1. The van der Waals surface area contributed by atoms with Crippen molar-refractivity contribution in [3.05, 3.63) is 23.2 Å². The maximum Gasteiger partial charge on any atom is 0.314 e. The molecular weight excluding hydrogens is 192 g/mol. The number of aromatic nitrogens is 2. The molecule has 13 heavy (non-hydrogen) atoms. The molecule has 0 bridgehead atoms. The Bertz CT molecular complexity index is 317. The molecule has 0 saturated heterocycles. The highest BCUT2D eigenvalue weighted by Gasteiger charge is 2.16. The van der Waals surface area contributed by atoms with Gasteiger partial charge in [0.2, 0.25) is 5.28 Å². The number of methoxy groups -OCH3 is 1. The van der Waals surface area contributed by atoms with Gasteiger partial charge in [-0.1, -0.05) is 0 Å². The van der Waals surface area contributed by atoms with Crippen LogP contribution in [0.2, 0.25) is 5.28 Å². The summed E-state index contributed by atoms with van der Waals surface area (Å²) in [6, 6.07) is 1.63.